The Morgan fingerprint density at radius 3 is 2.86 bits per heavy atom. The van der Waals surface area contributed by atoms with Gasteiger partial charge in [-0.15, -0.1) is 11.3 Å². The Kier molecular flexibility index (Phi) is 3.70. The Balaban J connectivity index is 1.97. The normalized spacial score (nSPS) is 14.6. The van der Waals surface area contributed by atoms with Crippen molar-refractivity contribution in [1.29, 1.82) is 5.26 Å². The second-order valence-electron chi connectivity index (χ2n) is 4.92. The molecule has 0 aliphatic carbocycles. The molecule has 0 saturated carbocycles. The summed E-state index contributed by atoms with van der Waals surface area (Å²) in [7, 11) is 0. The number of ether oxygens (including phenoxy) is 2. The molecule has 0 bridgehead atoms. The first kappa shape index (κ1) is 14.4. The molecule has 3 rings (SSSR count). The van der Waals surface area contributed by atoms with E-state index in [1.165, 1.54) is 0 Å². The van der Waals surface area contributed by atoms with Gasteiger partial charge in [0.2, 0.25) is 5.78 Å². The van der Waals surface area contributed by atoms with Crippen molar-refractivity contribution in [2.75, 3.05) is 6.61 Å². The van der Waals surface area contributed by atoms with Crippen LogP contribution in [-0.4, -0.2) is 12.4 Å². The zero-order valence-electron chi connectivity index (χ0n) is 12.2. The van der Waals surface area contributed by atoms with E-state index < -0.39 is 0 Å². The van der Waals surface area contributed by atoms with Crippen LogP contribution >= 0.6 is 11.3 Å². The molecular formula is C17H13NO3S. The second-order valence-corrected chi connectivity index (χ2v) is 5.87. The van der Waals surface area contributed by atoms with Crippen LogP contribution in [0.25, 0.3) is 6.08 Å². The molecule has 1 aromatic carbocycles. The zero-order chi connectivity index (χ0) is 15.7. The van der Waals surface area contributed by atoms with Gasteiger partial charge in [0, 0.05) is 16.5 Å². The summed E-state index contributed by atoms with van der Waals surface area (Å²) in [6.07, 6.45) is 1.78. The average molecular weight is 311 g/mol. The highest BCUT2D eigenvalue weighted by atomic mass is 32.1. The van der Waals surface area contributed by atoms with Crippen LogP contribution in [-0.2, 0) is 0 Å². The van der Waals surface area contributed by atoms with E-state index in [4.69, 9.17) is 14.7 Å². The molecule has 1 aromatic heterocycles. The predicted molar refractivity (Wildman–Crippen MR) is 84.3 cm³/mol. The fourth-order valence-electron chi connectivity index (χ4n) is 2.29. The quantitative estimate of drug-likeness (QED) is 0.807. The number of nitrogens with zero attached hydrogens (tertiary/aromatic N) is 1. The van der Waals surface area contributed by atoms with Crippen molar-refractivity contribution in [3.8, 4) is 17.6 Å². The number of rotatable bonds is 3. The molecule has 0 N–H and O–H groups in total. The molecule has 0 saturated heterocycles. The summed E-state index contributed by atoms with van der Waals surface area (Å²) in [5, 5.41) is 10.6. The SMILES string of the molecule is Cc1ccsc1/C=C1\Oc2c(ccc(OCC#N)c2C)C1=O. The second kappa shape index (κ2) is 5.66. The number of hydrogen-bond donors (Lipinski definition) is 0. The Labute approximate surface area is 132 Å². The van der Waals surface area contributed by atoms with Crippen molar-refractivity contribution in [1.82, 2.24) is 0 Å². The van der Waals surface area contributed by atoms with Gasteiger partial charge in [0.15, 0.2) is 12.4 Å². The fourth-order valence-corrected chi connectivity index (χ4v) is 3.13. The van der Waals surface area contributed by atoms with Gasteiger partial charge in [-0.1, -0.05) is 0 Å². The molecule has 0 fully saturated rings. The van der Waals surface area contributed by atoms with Gasteiger partial charge < -0.3 is 9.47 Å². The van der Waals surface area contributed by atoms with E-state index in [-0.39, 0.29) is 12.4 Å². The van der Waals surface area contributed by atoms with Crippen LogP contribution in [0.5, 0.6) is 11.5 Å². The number of thiophene rings is 1. The molecule has 0 unspecified atom stereocenters. The van der Waals surface area contributed by atoms with Gasteiger partial charge in [-0.2, -0.15) is 5.26 Å². The van der Waals surface area contributed by atoms with Crippen LogP contribution in [0, 0.1) is 25.2 Å². The topological polar surface area (TPSA) is 59.3 Å². The standard InChI is InChI=1S/C17H13NO3S/c1-10-5-8-22-15(10)9-14-16(19)12-3-4-13(20-7-6-18)11(2)17(12)21-14/h3-5,8-9H,7H2,1-2H3/b14-9-. The van der Waals surface area contributed by atoms with Crippen LogP contribution in [0.1, 0.15) is 26.4 Å². The fraction of sp³-hybridized carbons (Fsp3) is 0.176. The first-order valence-corrected chi connectivity index (χ1v) is 7.61. The van der Waals surface area contributed by atoms with Gasteiger partial charge >= 0.3 is 0 Å². The molecule has 0 amide bonds. The Morgan fingerprint density at radius 2 is 2.18 bits per heavy atom. The number of fused-ring (bicyclic) bond motifs is 1. The lowest BCUT2D eigenvalue weighted by Gasteiger charge is -2.08. The van der Waals surface area contributed by atoms with Crippen LogP contribution in [0.4, 0.5) is 0 Å². The van der Waals surface area contributed by atoms with E-state index in [0.29, 0.717) is 22.8 Å². The summed E-state index contributed by atoms with van der Waals surface area (Å²) in [5.74, 6) is 1.27. The number of nitriles is 1. The average Bonchev–Trinajstić information content (AvgIpc) is 3.05. The van der Waals surface area contributed by atoms with Crippen LogP contribution in [0.2, 0.25) is 0 Å². The van der Waals surface area contributed by atoms with E-state index >= 15 is 0 Å². The first-order chi connectivity index (χ1) is 10.6. The Bertz CT molecular complexity index is 827. The van der Waals surface area contributed by atoms with Crippen LogP contribution in [0.3, 0.4) is 0 Å². The third kappa shape index (κ3) is 2.38. The summed E-state index contributed by atoms with van der Waals surface area (Å²) >= 11 is 1.57. The molecule has 22 heavy (non-hydrogen) atoms. The van der Waals surface area contributed by atoms with Gasteiger partial charge in [0.1, 0.15) is 17.6 Å². The highest BCUT2D eigenvalue weighted by Crippen LogP contribution is 2.39. The van der Waals surface area contributed by atoms with Crippen molar-refractivity contribution in [3.05, 3.63) is 50.9 Å². The van der Waals surface area contributed by atoms with Gasteiger partial charge in [-0.3, -0.25) is 4.79 Å². The Morgan fingerprint density at radius 1 is 1.36 bits per heavy atom. The lowest BCUT2D eigenvalue weighted by atomic mass is 10.1. The number of aryl methyl sites for hydroxylation is 1. The molecule has 1 aliphatic heterocycles. The van der Waals surface area contributed by atoms with Crippen molar-refractivity contribution >= 4 is 23.2 Å². The van der Waals surface area contributed by atoms with E-state index in [9.17, 15) is 4.79 Å². The molecule has 1 aliphatic rings. The maximum absolute atomic E-state index is 12.4. The number of hydrogen-bond acceptors (Lipinski definition) is 5. The minimum Gasteiger partial charge on any atom is -0.478 e. The third-order valence-corrected chi connectivity index (χ3v) is 4.46. The predicted octanol–water partition coefficient (Wildman–Crippen LogP) is 3.88. The highest BCUT2D eigenvalue weighted by molar-refractivity contribution is 7.11. The van der Waals surface area contributed by atoms with Gasteiger partial charge in [0.05, 0.1) is 5.56 Å². The third-order valence-electron chi connectivity index (χ3n) is 3.49. The van der Waals surface area contributed by atoms with Crippen molar-refractivity contribution in [2.45, 2.75) is 13.8 Å². The molecule has 4 nitrogen and oxygen atoms in total. The van der Waals surface area contributed by atoms with Gasteiger partial charge in [-0.05, 0) is 43.0 Å². The summed E-state index contributed by atoms with van der Waals surface area (Å²) < 4.78 is 11.1. The minimum atomic E-state index is -0.127. The van der Waals surface area contributed by atoms with Gasteiger partial charge in [0.25, 0.3) is 0 Å². The summed E-state index contributed by atoms with van der Waals surface area (Å²) in [6.45, 7) is 3.78. The maximum atomic E-state index is 12.4. The summed E-state index contributed by atoms with van der Waals surface area (Å²) in [6, 6.07) is 7.31. The minimum absolute atomic E-state index is 0.0370. The molecular weight excluding hydrogens is 298 g/mol. The highest BCUT2D eigenvalue weighted by Gasteiger charge is 2.30. The van der Waals surface area contributed by atoms with Crippen molar-refractivity contribution in [2.24, 2.45) is 0 Å². The molecule has 110 valence electrons. The number of allylic oxidation sites excluding steroid dienone is 1. The molecule has 0 radical (unpaired) electrons. The van der Waals surface area contributed by atoms with Gasteiger partial charge in [-0.25, -0.2) is 0 Å². The zero-order valence-corrected chi connectivity index (χ0v) is 13.0. The lowest BCUT2D eigenvalue weighted by Crippen LogP contribution is -1.97. The molecule has 5 heteroatoms. The largest absolute Gasteiger partial charge is 0.478 e. The number of benzene rings is 1. The van der Waals surface area contributed by atoms with E-state index in [1.807, 2.05) is 31.4 Å². The molecule has 0 atom stereocenters. The van der Waals surface area contributed by atoms with Crippen LogP contribution in [0.15, 0.2) is 29.3 Å². The molecule has 2 heterocycles. The molecule has 2 aromatic rings. The summed E-state index contributed by atoms with van der Waals surface area (Å²) in [4.78, 5) is 13.4. The maximum Gasteiger partial charge on any atom is 0.232 e. The van der Waals surface area contributed by atoms with E-state index in [1.54, 1.807) is 29.5 Å². The smallest absolute Gasteiger partial charge is 0.232 e. The van der Waals surface area contributed by atoms with Crippen molar-refractivity contribution in [3.63, 3.8) is 0 Å². The number of Topliss-reactive ketones (excluding diaryl/α,β-unsaturated/α-hetero) is 1. The number of carbonyl (C=O) groups is 1. The lowest BCUT2D eigenvalue weighted by molar-refractivity contribution is 0.101. The monoisotopic (exact) mass is 311 g/mol. The number of ketones is 1. The van der Waals surface area contributed by atoms with Crippen LogP contribution < -0.4 is 9.47 Å². The van der Waals surface area contributed by atoms with Crippen molar-refractivity contribution < 1.29 is 14.3 Å². The molecule has 0 spiro atoms. The van der Waals surface area contributed by atoms with E-state index in [0.717, 1.165) is 16.0 Å². The Hall–Kier alpha value is -2.58. The first-order valence-electron chi connectivity index (χ1n) is 6.73. The number of carbonyl (C=O) groups excluding carboxylic acids is 1. The summed E-state index contributed by atoms with van der Waals surface area (Å²) in [5.41, 5.74) is 2.37. The van der Waals surface area contributed by atoms with E-state index in [2.05, 4.69) is 0 Å².